The average Bonchev–Trinajstić information content (AvgIpc) is 3.03. The maximum absolute atomic E-state index is 12.0. The highest BCUT2D eigenvalue weighted by atomic mass is 35.5. The average molecular weight is 338 g/mol. The van der Waals surface area contributed by atoms with Crippen molar-refractivity contribution in [3.63, 3.8) is 0 Å². The van der Waals surface area contributed by atoms with Gasteiger partial charge in [0.2, 0.25) is 11.8 Å². The van der Waals surface area contributed by atoms with Gasteiger partial charge < -0.3 is 15.5 Å². The van der Waals surface area contributed by atoms with Crippen molar-refractivity contribution in [2.75, 3.05) is 25.0 Å². The van der Waals surface area contributed by atoms with E-state index >= 15 is 0 Å². The van der Waals surface area contributed by atoms with Crippen molar-refractivity contribution in [2.24, 2.45) is 0 Å². The van der Waals surface area contributed by atoms with Gasteiger partial charge in [0.1, 0.15) is 0 Å². The molecule has 1 aliphatic heterocycles. The van der Waals surface area contributed by atoms with Crippen LogP contribution in [0.25, 0.3) is 0 Å². The van der Waals surface area contributed by atoms with Crippen molar-refractivity contribution in [2.45, 2.75) is 38.6 Å². The molecule has 1 aromatic carbocycles. The molecular formula is C17H24ClN3O2. The Kier molecular flexibility index (Phi) is 6.86. The van der Waals surface area contributed by atoms with Crippen LogP contribution in [0.5, 0.6) is 0 Å². The molecule has 0 spiro atoms. The Bertz CT molecular complexity index is 527. The number of rotatable bonds is 7. The van der Waals surface area contributed by atoms with Crippen molar-refractivity contribution in [3.05, 3.63) is 29.3 Å². The number of benzene rings is 1. The van der Waals surface area contributed by atoms with Gasteiger partial charge in [0.05, 0.1) is 0 Å². The summed E-state index contributed by atoms with van der Waals surface area (Å²) in [5.74, 6) is 0.144. The fraction of sp³-hybridized carbons (Fsp3) is 0.529. The van der Waals surface area contributed by atoms with E-state index in [0.717, 1.165) is 31.6 Å². The van der Waals surface area contributed by atoms with Crippen LogP contribution in [0.3, 0.4) is 0 Å². The van der Waals surface area contributed by atoms with Gasteiger partial charge in [-0.05, 0) is 44.0 Å². The lowest BCUT2D eigenvalue weighted by Crippen LogP contribution is -2.35. The van der Waals surface area contributed by atoms with Gasteiger partial charge in [0, 0.05) is 49.2 Å². The Labute approximate surface area is 142 Å². The van der Waals surface area contributed by atoms with E-state index in [1.54, 1.807) is 24.3 Å². The summed E-state index contributed by atoms with van der Waals surface area (Å²) in [5, 5.41) is 6.70. The van der Waals surface area contributed by atoms with Crippen LogP contribution >= 0.6 is 11.6 Å². The predicted octanol–water partition coefficient (Wildman–Crippen LogP) is 2.66. The van der Waals surface area contributed by atoms with Crippen molar-refractivity contribution >= 4 is 29.1 Å². The first kappa shape index (κ1) is 17.8. The second kappa shape index (κ2) is 8.89. The highest BCUT2D eigenvalue weighted by molar-refractivity contribution is 6.30. The van der Waals surface area contributed by atoms with Crippen LogP contribution in [0.4, 0.5) is 5.69 Å². The maximum atomic E-state index is 12.0. The molecule has 0 aliphatic carbocycles. The quantitative estimate of drug-likeness (QED) is 0.804. The van der Waals surface area contributed by atoms with E-state index in [-0.39, 0.29) is 17.9 Å². The van der Waals surface area contributed by atoms with Crippen molar-refractivity contribution < 1.29 is 9.59 Å². The van der Waals surface area contributed by atoms with Crippen LogP contribution in [0.1, 0.15) is 32.6 Å². The monoisotopic (exact) mass is 337 g/mol. The molecule has 0 saturated carbocycles. The molecule has 1 saturated heterocycles. The minimum atomic E-state index is -0.0572. The molecule has 2 rings (SSSR count). The summed E-state index contributed by atoms with van der Waals surface area (Å²) in [6.07, 6.45) is 3.07. The Morgan fingerprint density at radius 1 is 1.22 bits per heavy atom. The van der Waals surface area contributed by atoms with Gasteiger partial charge in [-0.1, -0.05) is 11.6 Å². The number of nitrogens with zero attached hydrogens (tertiary/aromatic N) is 1. The molecule has 6 heteroatoms. The molecule has 1 atom stereocenters. The second-order valence-corrected chi connectivity index (χ2v) is 6.39. The lowest BCUT2D eigenvalue weighted by Gasteiger charge is -2.17. The first-order chi connectivity index (χ1) is 11.0. The van der Waals surface area contributed by atoms with E-state index in [9.17, 15) is 9.59 Å². The van der Waals surface area contributed by atoms with Crippen LogP contribution in [0, 0.1) is 0 Å². The number of carbonyl (C=O) groups excluding carboxylic acids is 2. The van der Waals surface area contributed by atoms with Gasteiger partial charge in [-0.15, -0.1) is 0 Å². The molecule has 0 unspecified atom stereocenters. The van der Waals surface area contributed by atoms with E-state index in [1.165, 1.54) is 0 Å². The highest BCUT2D eigenvalue weighted by Crippen LogP contribution is 2.13. The number of amides is 2. The summed E-state index contributed by atoms with van der Waals surface area (Å²) < 4.78 is 0. The number of carbonyl (C=O) groups is 2. The normalized spacial score (nSPS) is 15.5. The number of nitrogens with one attached hydrogen (secondary N) is 2. The Hall–Kier alpha value is -1.59. The Morgan fingerprint density at radius 3 is 2.52 bits per heavy atom. The van der Waals surface area contributed by atoms with Crippen molar-refractivity contribution in [3.8, 4) is 0 Å². The first-order valence-corrected chi connectivity index (χ1v) is 8.49. The Balaban J connectivity index is 1.63. The molecule has 2 amide bonds. The molecule has 0 aromatic heterocycles. The molecule has 23 heavy (non-hydrogen) atoms. The minimum absolute atomic E-state index is 0.0219. The summed E-state index contributed by atoms with van der Waals surface area (Å²) >= 11 is 5.81. The molecule has 0 bridgehead atoms. The summed E-state index contributed by atoms with van der Waals surface area (Å²) in [4.78, 5) is 25.8. The molecule has 2 N–H and O–H groups in total. The zero-order chi connectivity index (χ0) is 16.7. The Morgan fingerprint density at radius 2 is 1.87 bits per heavy atom. The van der Waals surface area contributed by atoms with Gasteiger partial charge in [0.25, 0.3) is 0 Å². The van der Waals surface area contributed by atoms with Gasteiger partial charge in [-0.25, -0.2) is 0 Å². The first-order valence-electron chi connectivity index (χ1n) is 8.11. The molecule has 126 valence electrons. The number of hydrogen-bond acceptors (Lipinski definition) is 3. The van der Waals surface area contributed by atoms with E-state index in [0.29, 0.717) is 24.4 Å². The largest absolute Gasteiger partial charge is 0.343 e. The van der Waals surface area contributed by atoms with Crippen LogP contribution < -0.4 is 10.6 Å². The number of hydrogen-bond donors (Lipinski definition) is 2. The predicted molar refractivity (Wildman–Crippen MR) is 92.6 cm³/mol. The lowest BCUT2D eigenvalue weighted by atomic mass is 10.2. The second-order valence-electron chi connectivity index (χ2n) is 5.95. The topological polar surface area (TPSA) is 61.4 Å². The van der Waals surface area contributed by atoms with Crippen LogP contribution in [-0.2, 0) is 9.59 Å². The number of anilines is 1. The van der Waals surface area contributed by atoms with Crippen LogP contribution in [0.2, 0.25) is 5.02 Å². The van der Waals surface area contributed by atoms with E-state index in [4.69, 9.17) is 11.6 Å². The third-order valence-electron chi connectivity index (χ3n) is 3.91. The minimum Gasteiger partial charge on any atom is -0.343 e. The molecule has 1 heterocycles. The number of halogens is 1. The molecular weight excluding hydrogens is 314 g/mol. The summed E-state index contributed by atoms with van der Waals surface area (Å²) in [6.45, 7) is 4.32. The van der Waals surface area contributed by atoms with E-state index in [1.807, 2.05) is 11.8 Å². The molecule has 1 aromatic rings. The fourth-order valence-corrected chi connectivity index (χ4v) is 2.77. The summed E-state index contributed by atoms with van der Waals surface area (Å²) in [5.41, 5.74) is 0.732. The third-order valence-corrected chi connectivity index (χ3v) is 4.16. The summed E-state index contributed by atoms with van der Waals surface area (Å²) in [7, 11) is 0. The smallest absolute Gasteiger partial charge is 0.225 e. The van der Waals surface area contributed by atoms with Gasteiger partial charge in [0.15, 0.2) is 0 Å². The van der Waals surface area contributed by atoms with Crippen molar-refractivity contribution in [1.82, 2.24) is 10.2 Å². The molecule has 5 nitrogen and oxygen atoms in total. The summed E-state index contributed by atoms with van der Waals surface area (Å²) in [6, 6.07) is 7.04. The number of likely N-dealkylation sites (tertiary alicyclic amines) is 1. The lowest BCUT2D eigenvalue weighted by molar-refractivity contribution is -0.130. The molecule has 0 radical (unpaired) electrons. The van der Waals surface area contributed by atoms with Crippen molar-refractivity contribution in [1.29, 1.82) is 0 Å². The van der Waals surface area contributed by atoms with Crippen LogP contribution in [-0.4, -0.2) is 42.4 Å². The highest BCUT2D eigenvalue weighted by Gasteiger charge is 2.17. The van der Waals surface area contributed by atoms with Gasteiger partial charge in [-0.2, -0.15) is 0 Å². The zero-order valence-electron chi connectivity index (χ0n) is 13.5. The third kappa shape index (κ3) is 6.20. The van der Waals surface area contributed by atoms with Crippen LogP contribution in [0.15, 0.2) is 24.3 Å². The van der Waals surface area contributed by atoms with E-state index < -0.39 is 0 Å². The van der Waals surface area contributed by atoms with Gasteiger partial charge >= 0.3 is 0 Å². The van der Waals surface area contributed by atoms with Gasteiger partial charge in [-0.3, -0.25) is 9.59 Å². The molecule has 1 fully saturated rings. The molecule has 1 aliphatic rings. The SMILES string of the molecule is C[C@H](CC(=O)Nc1ccc(Cl)cc1)NCCC(=O)N1CCCC1. The maximum Gasteiger partial charge on any atom is 0.225 e. The van der Waals surface area contributed by atoms with E-state index in [2.05, 4.69) is 10.6 Å². The zero-order valence-corrected chi connectivity index (χ0v) is 14.2. The standard InChI is InChI=1S/C17H24ClN3O2/c1-13(19-9-8-17(23)21-10-2-3-11-21)12-16(22)20-15-6-4-14(18)5-7-15/h4-7,13,19H,2-3,8-12H2,1H3,(H,20,22)/t13-/m1/s1. The fourth-order valence-electron chi connectivity index (χ4n) is 2.65.